The number of carboxylic acids is 1. The summed E-state index contributed by atoms with van der Waals surface area (Å²) >= 11 is 0. The molecule has 136 valence electrons. The van der Waals surface area contributed by atoms with Crippen LogP contribution in [0.5, 0.6) is 0 Å². The Bertz CT molecular complexity index is 627. The van der Waals surface area contributed by atoms with Gasteiger partial charge in [0.2, 0.25) is 0 Å². The van der Waals surface area contributed by atoms with Crippen LogP contribution in [0.1, 0.15) is 75.7 Å². The highest BCUT2D eigenvalue weighted by molar-refractivity contribution is 5.75. The highest BCUT2D eigenvalue weighted by Gasteiger charge is 2.24. The lowest BCUT2D eigenvalue weighted by Crippen LogP contribution is -2.22. The fourth-order valence-electron chi connectivity index (χ4n) is 2.89. The number of unbranched alkanes of at least 4 members (excludes halogenated alkanes) is 7. The first-order chi connectivity index (χ1) is 12.2. The molecule has 25 heavy (non-hydrogen) atoms. The number of carboxylic acid groups (broad SMARTS) is 1. The number of aliphatic carboxylic acids is 1. The Morgan fingerprint density at radius 1 is 1.04 bits per heavy atom. The first-order valence-electron chi connectivity index (χ1n) is 9.28. The lowest BCUT2D eigenvalue weighted by atomic mass is 10.1. The molecule has 0 bridgehead atoms. The van der Waals surface area contributed by atoms with Gasteiger partial charge in [0, 0.05) is 6.42 Å². The molecule has 0 fully saturated rings. The molecule has 0 amide bonds. The second-order valence-electron chi connectivity index (χ2n) is 6.40. The molecule has 0 spiro atoms. The zero-order valence-electron chi connectivity index (χ0n) is 15.0. The van der Waals surface area contributed by atoms with Crippen molar-refractivity contribution in [3.63, 3.8) is 0 Å². The van der Waals surface area contributed by atoms with Crippen LogP contribution < -0.4 is 0 Å². The number of benzene rings is 1. The molecule has 6 heteroatoms. The summed E-state index contributed by atoms with van der Waals surface area (Å²) in [6.45, 7) is 2.23. The first kappa shape index (κ1) is 19.1. The zero-order chi connectivity index (χ0) is 17.9. The largest absolute Gasteiger partial charge is 0.479 e. The zero-order valence-corrected chi connectivity index (χ0v) is 15.0. The number of tetrazole rings is 1. The minimum absolute atomic E-state index is 0.619. The smallest absolute Gasteiger partial charge is 0.335 e. The summed E-state index contributed by atoms with van der Waals surface area (Å²) in [6.07, 6.45) is 10.7. The number of aryl methyl sites for hydroxylation is 1. The van der Waals surface area contributed by atoms with Crippen LogP contribution in [0.4, 0.5) is 0 Å². The average molecular weight is 344 g/mol. The van der Waals surface area contributed by atoms with Crippen molar-refractivity contribution in [2.75, 3.05) is 0 Å². The van der Waals surface area contributed by atoms with Gasteiger partial charge in [-0.15, -0.1) is 15.0 Å². The van der Waals surface area contributed by atoms with Gasteiger partial charge in [-0.3, -0.25) is 0 Å². The van der Waals surface area contributed by atoms with E-state index >= 15 is 0 Å². The Labute approximate surface area is 149 Å². The van der Waals surface area contributed by atoms with Gasteiger partial charge >= 0.3 is 5.97 Å². The molecule has 2 aromatic rings. The van der Waals surface area contributed by atoms with Crippen LogP contribution in [-0.4, -0.2) is 31.3 Å². The van der Waals surface area contributed by atoms with Crippen molar-refractivity contribution in [1.29, 1.82) is 0 Å². The third-order valence-electron chi connectivity index (χ3n) is 4.30. The number of hydrogen-bond acceptors (Lipinski definition) is 4. The number of rotatable bonds is 12. The average Bonchev–Trinajstić information content (AvgIpc) is 3.06. The normalized spacial score (nSPS) is 12.2. The van der Waals surface area contributed by atoms with Gasteiger partial charge < -0.3 is 5.11 Å². The Morgan fingerprint density at radius 2 is 1.68 bits per heavy atom. The van der Waals surface area contributed by atoms with E-state index in [9.17, 15) is 9.90 Å². The van der Waals surface area contributed by atoms with Crippen molar-refractivity contribution in [1.82, 2.24) is 20.2 Å². The third kappa shape index (κ3) is 6.29. The van der Waals surface area contributed by atoms with Crippen molar-refractivity contribution in [2.24, 2.45) is 0 Å². The Balaban J connectivity index is 1.80. The molecular weight excluding hydrogens is 316 g/mol. The van der Waals surface area contributed by atoms with Crippen molar-refractivity contribution >= 4 is 5.97 Å². The van der Waals surface area contributed by atoms with Crippen LogP contribution in [0.25, 0.3) is 0 Å². The maximum atomic E-state index is 11.6. The van der Waals surface area contributed by atoms with Crippen molar-refractivity contribution in [2.45, 2.75) is 70.8 Å². The second kappa shape index (κ2) is 10.6. The minimum Gasteiger partial charge on any atom is -0.479 e. The van der Waals surface area contributed by atoms with Crippen molar-refractivity contribution in [3.05, 3.63) is 41.7 Å². The molecule has 2 rings (SSSR count). The van der Waals surface area contributed by atoms with E-state index in [1.54, 1.807) is 12.1 Å². The van der Waals surface area contributed by atoms with Gasteiger partial charge in [-0.1, -0.05) is 82.2 Å². The van der Waals surface area contributed by atoms with Gasteiger partial charge in [-0.25, -0.2) is 4.79 Å². The van der Waals surface area contributed by atoms with E-state index < -0.39 is 12.0 Å². The standard InChI is InChI=1S/C19H28N4O2/c1-2-3-4-5-6-7-8-12-15-17-20-22-23(21-17)18(19(24)25)16-13-10-9-11-14-16/h9-11,13-14,18H,2-8,12,15H2,1H3,(H,24,25). The van der Waals surface area contributed by atoms with Gasteiger partial charge in [-0.2, -0.15) is 0 Å². The molecule has 1 heterocycles. The quantitative estimate of drug-likeness (QED) is 0.588. The molecule has 1 unspecified atom stereocenters. The minimum atomic E-state index is -0.984. The summed E-state index contributed by atoms with van der Waals surface area (Å²) in [4.78, 5) is 12.8. The number of hydrogen-bond donors (Lipinski definition) is 1. The van der Waals surface area contributed by atoms with Crippen molar-refractivity contribution in [3.8, 4) is 0 Å². The molecule has 1 N–H and O–H groups in total. The van der Waals surface area contributed by atoms with E-state index in [4.69, 9.17) is 0 Å². The number of carbonyl (C=O) groups is 1. The molecule has 0 aliphatic carbocycles. The highest BCUT2D eigenvalue weighted by Crippen LogP contribution is 2.16. The molecule has 6 nitrogen and oxygen atoms in total. The summed E-state index contributed by atoms with van der Waals surface area (Å²) in [5, 5.41) is 21.8. The SMILES string of the molecule is CCCCCCCCCCc1nnn(C(C(=O)O)c2ccccc2)n1. The van der Waals surface area contributed by atoms with Gasteiger partial charge in [0.15, 0.2) is 11.9 Å². The van der Waals surface area contributed by atoms with E-state index in [-0.39, 0.29) is 0 Å². The molecule has 0 aliphatic heterocycles. The molecule has 1 aromatic heterocycles. The first-order valence-corrected chi connectivity index (χ1v) is 9.28. The fourth-order valence-corrected chi connectivity index (χ4v) is 2.89. The van der Waals surface area contributed by atoms with Gasteiger partial charge in [-0.05, 0) is 17.2 Å². The summed E-state index contributed by atoms with van der Waals surface area (Å²) < 4.78 is 0. The van der Waals surface area contributed by atoms with E-state index in [2.05, 4.69) is 22.3 Å². The Kier molecular flexibility index (Phi) is 8.09. The van der Waals surface area contributed by atoms with Crippen LogP contribution in [0, 0.1) is 0 Å². The van der Waals surface area contributed by atoms with Crippen LogP contribution in [0.3, 0.4) is 0 Å². The van der Waals surface area contributed by atoms with Crippen LogP contribution >= 0.6 is 0 Å². The maximum Gasteiger partial charge on any atom is 0.335 e. The second-order valence-corrected chi connectivity index (χ2v) is 6.40. The Morgan fingerprint density at radius 3 is 2.32 bits per heavy atom. The lowest BCUT2D eigenvalue weighted by molar-refractivity contribution is -0.140. The summed E-state index contributed by atoms with van der Waals surface area (Å²) in [6, 6.07) is 8.07. The lowest BCUT2D eigenvalue weighted by Gasteiger charge is -2.10. The molecule has 0 aliphatic rings. The summed E-state index contributed by atoms with van der Waals surface area (Å²) in [5.74, 6) is -0.365. The van der Waals surface area contributed by atoms with Crippen LogP contribution in [-0.2, 0) is 11.2 Å². The molecular formula is C19H28N4O2. The molecule has 1 atom stereocenters. The van der Waals surface area contributed by atoms with Crippen molar-refractivity contribution < 1.29 is 9.90 Å². The molecule has 0 radical (unpaired) electrons. The summed E-state index contributed by atoms with van der Waals surface area (Å²) in [5.41, 5.74) is 0.644. The maximum absolute atomic E-state index is 11.6. The summed E-state index contributed by atoms with van der Waals surface area (Å²) in [7, 11) is 0. The van der Waals surface area contributed by atoms with E-state index in [0.29, 0.717) is 11.4 Å². The Hall–Kier alpha value is -2.24. The van der Waals surface area contributed by atoms with Gasteiger partial charge in [0.25, 0.3) is 0 Å². The van der Waals surface area contributed by atoms with Crippen LogP contribution in [0.15, 0.2) is 30.3 Å². The monoisotopic (exact) mass is 344 g/mol. The number of nitrogens with zero attached hydrogens (tertiary/aromatic N) is 4. The van der Waals surface area contributed by atoms with Crippen LogP contribution in [0.2, 0.25) is 0 Å². The van der Waals surface area contributed by atoms with Gasteiger partial charge in [0.1, 0.15) is 0 Å². The topological polar surface area (TPSA) is 80.9 Å². The fraction of sp³-hybridized carbons (Fsp3) is 0.579. The number of aromatic nitrogens is 4. The van der Waals surface area contributed by atoms with E-state index in [1.807, 2.05) is 18.2 Å². The molecule has 1 aromatic carbocycles. The molecule has 0 saturated carbocycles. The van der Waals surface area contributed by atoms with Gasteiger partial charge in [0.05, 0.1) is 0 Å². The predicted molar refractivity (Wildman–Crippen MR) is 96.3 cm³/mol. The predicted octanol–water partition coefficient (Wildman–Crippen LogP) is 4.03. The highest BCUT2D eigenvalue weighted by atomic mass is 16.4. The van der Waals surface area contributed by atoms with E-state index in [1.165, 1.54) is 43.3 Å². The van der Waals surface area contributed by atoms with E-state index in [0.717, 1.165) is 19.3 Å². The third-order valence-corrected chi connectivity index (χ3v) is 4.30. The molecule has 0 saturated heterocycles.